The minimum atomic E-state index is -0.703. The van der Waals surface area contributed by atoms with Gasteiger partial charge in [0.1, 0.15) is 6.10 Å². The SMILES string of the molecule is C/C1=C\C(O)C2C(CN3CCCCC3)C(=O)O[C@H]2/C=C(\C)[C@@H](O)CC1. The van der Waals surface area contributed by atoms with Gasteiger partial charge in [0.2, 0.25) is 0 Å². The van der Waals surface area contributed by atoms with Crippen LogP contribution in [-0.2, 0) is 9.53 Å². The smallest absolute Gasteiger partial charge is 0.311 e. The van der Waals surface area contributed by atoms with Crippen LogP contribution in [0.4, 0.5) is 0 Å². The van der Waals surface area contributed by atoms with E-state index in [1.54, 1.807) is 0 Å². The molecule has 25 heavy (non-hydrogen) atoms. The highest BCUT2D eigenvalue weighted by Crippen LogP contribution is 2.36. The molecule has 5 heteroatoms. The Kier molecular flexibility index (Phi) is 5.97. The number of hydrogen-bond acceptors (Lipinski definition) is 5. The lowest BCUT2D eigenvalue weighted by Gasteiger charge is -2.31. The maximum Gasteiger partial charge on any atom is 0.311 e. The number of carbonyl (C=O) groups is 1. The number of fused-ring (bicyclic) bond motifs is 1. The number of aliphatic hydroxyl groups excluding tert-OH is 2. The average Bonchev–Trinajstić information content (AvgIpc) is 2.88. The van der Waals surface area contributed by atoms with Gasteiger partial charge in [-0.15, -0.1) is 0 Å². The van der Waals surface area contributed by atoms with E-state index in [0.717, 1.165) is 30.7 Å². The highest BCUT2D eigenvalue weighted by molar-refractivity contribution is 5.76. The van der Waals surface area contributed by atoms with E-state index < -0.39 is 18.3 Å². The van der Waals surface area contributed by atoms with Crippen molar-refractivity contribution in [3.8, 4) is 0 Å². The summed E-state index contributed by atoms with van der Waals surface area (Å²) in [5.74, 6) is -0.823. The van der Waals surface area contributed by atoms with E-state index in [2.05, 4.69) is 4.90 Å². The minimum Gasteiger partial charge on any atom is -0.457 e. The first kappa shape index (κ1) is 18.6. The summed E-state index contributed by atoms with van der Waals surface area (Å²) in [7, 11) is 0. The van der Waals surface area contributed by atoms with Gasteiger partial charge in [-0.3, -0.25) is 4.79 Å². The second-order valence-electron chi connectivity index (χ2n) is 7.92. The molecule has 2 aliphatic heterocycles. The normalized spacial score (nSPS) is 41.9. The van der Waals surface area contributed by atoms with Gasteiger partial charge in [-0.05, 0) is 64.3 Å². The van der Waals surface area contributed by atoms with Gasteiger partial charge in [-0.2, -0.15) is 0 Å². The molecule has 0 radical (unpaired) electrons. The number of ether oxygens (including phenoxy) is 1. The number of piperidine rings is 1. The Morgan fingerprint density at radius 2 is 1.88 bits per heavy atom. The maximum absolute atomic E-state index is 12.6. The fourth-order valence-corrected chi connectivity index (χ4v) is 4.33. The number of hydrogen-bond donors (Lipinski definition) is 2. The molecule has 140 valence electrons. The van der Waals surface area contributed by atoms with Gasteiger partial charge in [-0.1, -0.05) is 18.1 Å². The molecule has 2 saturated heterocycles. The third-order valence-corrected chi connectivity index (χ3v) is 5.92. The highest BCUT2D eigenvalue weighted by Gasteiger charge is 2.47. The van der Waals surface area contributed by atoms with Crippen LogP contribution >= 0.6 is 0 Å². The Hall–Kier alpha value is -1.17. The van der Waals surface area contributed by atoms with Crippen LogP contribution in [0.25, 0.3) is 0 Å². The number of aliphatic hydroxyl groups is 2. The fraction of sp³-hybridized carbons (Fsp3) is 0.750. The van der Waals surface area contributed by atoms with Crippen LogP contribution < -0.4 is 0 Å². The van der Waals surface area contributed by atoms with Crippen molar-refractivity contribution in [3.63, 3.8) is 0 Å². The molecular weight excluding hydrogens is 318 g/mol. The summed E-state index contributed by atoms with van der Waals surface area (Å²) in [5.41, 5.74) is 1.87. The van der Waals surface area contributed by atoms with Gasteiger partial charge in [-0.25, -0.2) is 0 Å². The molecule has 0 aromatic carbocycles. The van der Waals surface area contributed by atoms with Crippen molar-refractivity contribution in [2.24, 2.45) is 11.8 Å². The van der Waals surface area contributed by atoms with Gasteiger partial charge >= 0.3 is 5.97 Å². The summed E-state index contributed by atoms with van der Waals surface area (Å²) in [6, 6.07) is 0. The maximum atomic E-state index is 12.6. The number of allylic oxidation sites excluding steroid dienone is 1. The average molecular weight is 349 g/mol. The summed E-state index contributed by atoms with van der Waals surface area (Å²) in [6.45, 7) is 6.53. The highest BCUT2D eigenvalue weighted by atomic mass is 16.6. The Morgan fingerprint density at radius 3 is 2.60 bits per heavy atom. The van der Waals surface area contributed by atoms with E-state index in [0.29, 0.717) is 13.0 Å². The Labute approximate surface area is 150 Å². The lowest BCUT2D eigenvalue weighted by molar-refractivity contribution is -0.143. The zero-order valence-corrected chi connectivity index (χ0v) is 15.4. The molecule has 3 unspecified atom stereocenters. The number of likely N-dealkylation sites (tertiary alicyclic amines) is 1. The van der Waals surface area contributed by atoms with Crippen molar-refractivity contribution in [1.29, 1.82) is 0 Å². The second kappa shape index (κ2) is 8.02. The zero-order valence-electron chi connectivity index (χ0n) is 15.4. The summed E-state index contributed by atoms with van der Waals surface area (Å²) < 4.78 is 5.63. The fourth-order valence-electron chi connectivity index (χ4n) is 4.33. The molecule has 5 atom stereocenters. The van der Waals surface area contributed by atoms with Gasteiger partial charge in [0.15, 0.2) is 0 Å². The predicted octanol–water partition coefficient (Wildman–Crippen LogP) is 2.04. The summed E-state index contributed by atoms with van der Waals surface area (Å²) in [6.07, 6.45) is 6.96. The van der Waals surface area contributed by atoms with E-state index in [1.165, 1.54) is 19.3 Å². The Balaban J connectivity index is 1.85. The van der Waals surface area contributed by atoms with Gasteiger partial charge in [0.05, 0.1) is 18.1 Å². The monoisotopic (exact) mass is 349 g/mol. The van der Waals surface area contributed by atoms with Crippen LogP contribution in [0.5, 0.6) is 0 Å². The van der Waals surface area contributed by atoms with E-state index in [-0.39, 0.29) is 17.8 Å². The minimum absolute atomic E-state index is 0.219. The number of nitrogens with zero attached hydrogens (tertiary/aromatic N) is 1. The largest absolute Gasteiger partial charge is 0.457 e. The van der Waals surface area contributed by atoms with Gasteiger partial charge < -0.3 is 19.8 Å². The molecule has 2 N–H and O–H groups in total. The lowest BCUT2D eigenvalue weighted by Crippen LogP contribution is -2.41. The summed E-state index contributed by atoms with van der Waals surface area (Å²) >= 11 is 0. The zero-order chi connectivity index (χ0) is 18.0. The van der Waals surface area contributed by atoms with Crippen molar-refractivity contribution in [2.45, 2.75) is 64.3 Å². The molecule has 2 fully saturated rings. The lowest BCUT2D eigenvalue weighted by atomic mass is 9.82. The first-order valence-electron chi connectivity index (χ1n) is 9.60. The van der Waals surface area contributed by atoms with Gasteiger partial charge in [0.25, 0.3) is 0 Å². The Bertz CT molecular complexity index is 550. The predicted molar refractivity (Wildman–Crippen MR) is 95.9 cm³/mol. The molecule has 0 bridgehead atoms. The van der Waals surface area contributed by atoms with Crippen LogP contribution in [0, 0.1) is 11.8 Å². The van der Waals surface area contributed by atoms with Crippen LogP contribution in [0.15, 0.2) is 23.3 Å². The van der Waals surface area contributed by atoms with Crippen molar-refractivity contribution < 1.29 is 19.7 Å². The molecular formula is C20H31NO4. The molecule has 1 aliphatic carbocycles. The summed E-state index contributed by atoms with van der Waals surface area (Å²) in [5, 5.41) is 21.1. The first-order valence-corrected chi connectivity index (χ1v) is 9.60. The standard InChI is InChI=1S/C20H31NO4/c1-13-6-7-16(22)14(2)11-18-19(17(23)10-13)15(20(24)25-18)12-21-8-4-3-5-9-21/h10-11,15-19,22-23H,3-9,12H2,1-2H3/b13-10+,14-11+/t15?,16-,17?,18-,19?/m0/s1. The van der Waals surface area contributed by atoms with Crippen LogP contribution in [0.3, 0.4) is 0 Å². The van der Waals surface area contributed by atoms with Crippen LogP contribution in [0.1, 0.15) is 46.0 Å². The quantitative estimate of drug-likeness (QED) is 0.590. The molecule has 2 heterocycles. The first-order chi connectivity index (χ1) is 12.0. The molecule has 3 rings (SSSR count). The molecule has 0 aromatic heterocycles. The van der Waals surface area contributed by atoms with E-state index >= 15 is 0 Å². The number of rotatable bonds is 2. The van der Waals surface area contributed by atoms with E-state index in [1.807, 2.05) is 26.0 Å². The van der Waals surface area contributed by atoms with Crippen molar-refractivity contribution in [3.05, 3.63) is 23.3 Å². The van der Waals surface area contributed by atoms with Crippen LogP contribution in [0.2, 0.25) is 0 Å². The summed E-state index contributed by atoms with van der Waals surface area (Å²) in [4.78, 5) is 14.9. The molecule has 0 saturated carbocycles. The number of esters is 1. The number of carbonyl (C=O) groups excluding carboxylic acids is 1. The molecule has 3 aliphatic rings. The third-order valence-electron chi connectivity index (χ3n) is 5.92. The molecule has 0 amide bonds. The van der Waals surface area contributed by atoms with E-state index in [4.69, 9.17) is 4.74 Å². The molecule has 5 nitrogen and oxygen atoms in total. The second-order valence-corrected chi connectivity index (χ2v) is 7.92. The topological polar surface area (TPSA) is 70.0 Å². The van der Waals surface area contributed by atoms with Crippen molar-refractivity contribution >= 4 is 5.97 Å². The van der Waals surface area contributed by atoms with E-state index in [9.17, 15) is 15.0 Å². The molecule has 0 aromatic rings. The Morgan fingerprint density at radius 1 is 1.16 bits per heavy atom. The van der Waals surface area contributed by atoms with Gasteiger partial charge in [0, 0.05) is 12.5 Å². The molecule has 0 spiro atoms. The van der Waals surface area contributed by atoms with Crippen molar-refractivity contribution in [2.75, 3.05) is 19.6 Å². The third kappa shape index (κ3) is 4.33. The van der Waals surface area contributed by atoms with Crippen LogP contribution in [-0.4, -0.2) is 59.0 Å². The van der Waals surface area contributed by atoms with Crippen molar-refractivity contribution in [1.82, 2.24) is 4.90 Å².